The van der Waals surface area contributed by atoms with Crippen molar-refractivity contribution >= 4 is 28.6 Å². The molecule has 1 atom stereocenters. The lowest BCUT2D eigenvalue weighted by Crippen LogP contribution is -2.14. The van der Waals surface area contributed by atoms with Gasteiger partial charge < -0.3 is 5.11 Å². The molecule has 0 bridgehead atoms. The van der Waals surface area contributed by atoms with E-state index < -0.39 is 11.9 Å². The highest BCUT2D eigenvalue weighted by atomic mass is 35.5. The number of hydrogen-bond donors (Lipinski definition) is 1. The number of fused-ring (bicyclic) bond motifs is 1. The first-order chi connectivity index (χ1) is 13.9. The van der Waals surface area contributed by atoms with Crippen LogP contribution in [0.4, 0.5) is 0 Å². The maximum atomic E-state index is 11.9. The molecule has 3 aromatic rings. The monoisotopic (exact) mass is 412 g/mol. The van der Waals surface area contributed by atoms with Gasteiger partial charge in [0.2, 0.25) is 0 Å². The number of benzene rings is 2. The summed E-state index contributed by atoms with van der Waals surface area (Å²) in [5.41, 5.74) is 5.17. The fourth-order valence-corrected chi connectivity index (χ4v) is 4.32. The third kappa shape index (κ3) is 4.45. The molecule has 1 heterocycles. The Kier molecular flexibility index (Phi) is 5.59. The molecule has 1 saturated carbocycles. The van der Waals surface area contributed by atoms with Crippen LogP contribution in [0.15, 0.2) is 35.0 Å². The Morgan fingerprint density at radius 1 is 1.21 bits per heavy atom. The van der Waals surface area contributed by atoms with Crippen molar-refractivity contribution in [1.29, 1.82) is 0 Å². The number of hydrogen-bond acceptors (Lipinski definition) is 4. The number of aliphatic carboxylic acids is 1. The van der Waals surface area contributed by atoms with Crippen molar-refractivity contribution < 1.29 is 14.5 Å². The fourth-order valence-electron chi connectivity index (χ4n) is 3.96. The highest BCUT2D eigenvalue weighted by molar-refractivity contribution is 6.33. The van der Waals surface area contributed by atoms with E-state index in [9.17, 15) is 9.90 Å². The molecule has 1 fully saturated rings. The van der Waals surface area contributed by atoms with Gasteiger partial charge >= 0.3 is 5.97 Å². The summed E-state index contributed by atoms with van der Waals surface area (Å²) in [7, 11) is 0. The summed E-state index contributed by atoms with van der Waals surface area (Å²) in [6, 6.07) is 9.64. The van der Waals surface area contributed by atoms with Crippen LogP contribution in [-0.2, 0) is 11.2 Å². The molecule has 0 amide bonds. The molecule has 2 aromatic carbocycles. The van der Waals surface area contributed by atoms with Crippen LogP contribution in [0.25, 0.3) is 22.2 Å². The smallest absolute Gasteiger partial charge is 0.310 e. The number of halogens is 1. The molecular weight excluding hydrogens is 388 g/mol. The van der Waals surface area contributed by atoms with E-state index in [2.05, 4.69) is 16.4 Å². The Morgan fingerprint density at radius 3 is 2.66 bits per heavy atom. The summed E-state index contributed by atoms with van der Waals surface area (Å²) < 4.78 is 4.82. The first-order valence-corrected chi connectivity index (χ1v) is 10.6. The largest absolute Gasteiger partial charge is 0.481 e. The third-order valence-corrected chi connectivity index (χ3v) is 5.96. The summed E-state index contributed by atoms with van der Waals surface area (Å²) in [5, 5.41) is 18.2. The van der Waals surface area contributed by atoms with Gasteiger partial charge in [0.1, 0.15) is 11.0 Å². The van der Waals surface area contributed by atoms with Crippen LogP contribution >= 0.6 is 11.6 Å². The average Bonchev–Trinajstić information content (AvgIpc) is 3.38. The van der Waals surface area contributed by atoms with Gasteiger partial charge in [-0.25, -0.2) is 4.63 Å². The summed E-state index contributed by atoms with van der Waals surface area (Å²) in [5.74, 6) is -0.292. The Hall–Kier alpha value is -2.40. The van der Waals surface area contributed by atoms with Gasteiger partial charge in [-0.2, -0.15) is 0 Å². The normalized spacial score (nSPS) is 15.2. The van der Waals surface area contributed by atoms with Crippen molar-refractivity contribution in [2.75, 3.05) is 0 Å². The molecule has 6 heteroatoms. The lowest BCUT2D eigenvalue weighted by Gasteiger charge is -2.20. The number of carboxylic acids is 1. The van der Waals surface area contributed by atoms with Gasteiger partial charge in [-0.3, -0.25) is 4.79 Å². The van der Waals surface area contributed by atoms with Crippen LogP contribution in [0.2, 0.25) is 5.02 Å². The van der Waals surface area contributed by atoms with Gasteiger partial charge in [0.05, 0.1) is 5.92 Å². The van der Waals surface area contributed by atoms with Crippen molar-refractivity contribution in [3.63, 3.8) is 0 Å². The van der Waals surface area contributed by atoms with Gasteiger partial charge in [0, 0.05) is 10.6 Å². The molecule has 152 valence electrons. The number of carbonyl (C=O) groups is 1. The summed E-state index contributed by atoms with van der Waals surface area (Å²) >= 11 is 6.76. The van der Waals surface area contributed by atoms with E-state index in [1.807, 2.05) is 38.1 Å². The number of aryl methyl sites for hydroxylation is 1. The standard InChI is InChI=1S/C23H25ClN2O3/c1-13(2)9-18(23(27)28)17-10-15(6-5-14-3-4-14)22(19(24)11-17)16-7-8-20-21(12-16)26-29-25-20/h7-8,10-14,18H,3-6,9H2,1-2H3,(H,27,28). The van der Waals surface area contributed by atoms with Gasteiger partial charge in [0.25, 0.3) is 0 Å². The molecule has 0 saturated heterocycles. The second-order valence-corrected chi connectivity index (χ2v) is 8.91. The predicted octanol–water partition coefficient (Wildman–Crippen LogP) is 6.10. The fraction of sp³-hybridized carbons (Fsp3) is 0.435. The number of carboxylic acid groups (broad SMARTS) is 1. The van der Waals surface area contributed by atoms with Gasteiger partial charge in [-0.1, -0.05) is 50.4 Å². The van der Waals surface area contributed by atoms with Crippen LogP contribution in [0.3, 0.4) is 0 Å². The maximum Gasteiger partial charge on any atom is 0.310 e. The number of aromatic nitrogens is 2. The zero-order valence-electron chi connectivity index (χ0n) is 16.7. The molecule has 0 radical (unpaired) electrons. The molecule has 1 unspecified atom stereocenters. The lowest BCUT2D eigenvalue weighted by molar-refractivity contribution is -0.139. The minimum absolute atomic E-state index is 0.284. The van der Waals surface area contributed by atoms with Gasteiger partial charge in [0.15, 0.2) is 0 Å². The molecular formula is C23H25ClN2O3. The summed E-state index contributed by atoms with van der Waals surface area (Å²) in [6.07, 6.45) is 5.14. The lowest BCUT2D eigenvalue weighted by atomic mass is 9.86. The van der Waals surface area contributed by atoms with Crippen LogP contribution < -0.4 is 0 Å². The SMILES string of the molecule is CC(C)CC(C(=O)O)c1cc(Cl)c(-c2ccc3nonc3c2)c(CCC2CC2)c1. The van der Waals surface area contributed by atoms with E-state index in [0.29, 0.717) is 22.5 Å². The van der Waals surface area contributed by atoms with Gasteiger partial charge in [-0.15, -0.1) is 0 Å². The van der Waals surface area contributed by atoms with E-state index in [1.165, 1.54) is 12.8 Å². The van der Waals surface area contributed by atoms with Gasteiger partial charge in [-0.05, 0) is 76.3 Å². The zero-order valence-corrected chi connectivity index (χ0v) is 17.4. The van der Waals surface area contributed by atoms with E-state index in [4.69, 9.17) is 16.2 Å². The minimum Gasteiger partial charge on any atom is -0.481 e. The van der Waals surface area contributed by atoms with Crippen molar-refractivity contribution in [3.05, 3.63) is 46.5 Å². The molecule has 29 heavy (non-hydrogen) atoms. The van der Waals surface area contributed by atoms with Crippen molar-refractivity contribution in [2.24, 2.45) is 11.8 Å². The summed E-state index contributed by atoms with van der Waals surface area (Å²) in [6.45, 7) is 4.09. The molecule has 1 N–H and O–H groups in total. The molecule has 0 spiro atoms. The molecule has 0 aliphatic heterocycles. The first-order valence-electron chi connectivity index (χ1n) is 10.2. The molecule has 4 rings (SSSR count). The van der Waals surface area contributed by atoms with Crippen LogP contribution in [0, 0.1) is 11.8 Å². The van der Waals surface area contributed by atoms with Crippen LogP contribution in [0.1, 0.15) is 56.6 Å². The van der Waals surface area contributed by atoms with Crippen molar-refractivity contribution in [3.8, 4) is 11.1 Å². The van der Waals surface area contributed by atoms with E-state index >= 15 is 0 Å². The Labute approximate surface area is 175 Å². The number of rotatable bonds is 8. The highest BCUT2D eigenvalue weighted by Crippen LogP contribution is 2.40. The quantitative estimate of drug-likeness (QED) is 0.483. The van der Waals surface area contributed by atoms with Crippen LogP contribution in [0.5, 0.6) is 0 Å². The van der Waals surface area contributed by atoms with Crippen LogP contribution in [-0.4, -0.2) is 21.4 Å². The highest BCUT2D eigenvalue weighted by Gasteiger charge is 2.26. The molecule has 1 aliphatic carbocycles. The zero-order chi connectivity index (χ0) is 20.5. The minimum atomic E-state index is -0.800. The summed E-state index contributed by atoms with van der Waals surface area (Å²) in [4.78, 5) is 11.9. The number of nitrogens with zero attached hydrogens (tertiary/aromatic N) is 2. The van der Waals surface area contributed by atoms with E-state index in [1.54, 1.807) is 0 Å². The molecule has 1 aromatic heterocycles. The Morgan fingerprint density at radius 2 is 1.97 bits per heavy atom. The molecule has 5 nitrogen and oxygen atoms in total. The Bertz CT molecular complexity index is 1040. The second-order valence-electron chi connectivity index (χ2n) is 8.51. The van der Waals surface area contributed by atoms with Crippen molar-refractivity contribution in [1.82, 2.24) is 10.3 Å². The van der Waals surface area contributed by atoms with E-state index in [0.717, 1.165) is 41.0 Å². The first kappa shape index (κ1) is 19.9. The predicted molar refractivity (Wildman–Crippen MR) is 113 cm³/mol. The Balaban J connectivity index is 1.79. The van der Waals surface area contributed by atoms with E-state index in [-0.39, 0.29) is 5.92 Å². The average molecular weight is 413 g/mol. The molecule has 1 aliphatic rings. The second kappa shape index (κ2) is 8.15. The van der Waals surface area contributed by atoms with Crippen molar-refractivity contribution in [2.45, 2.75) is 51.9 Å². The maximum absolute atomic E-state index is 11.9. The topological polar surface area (TPSA) is 76.2 Å². The third-order valence-electron chi connectivity index (χ3n) is 5.66.